The van der Waals surface area contributed by atoms with Crippen LogP contribution in [0.25, 0.3) is 0 Å². The maximum atomic E-state index is 12.6. The molecule has 1 saturated heterocycles. The minimum Gasteiger partial charge on any atom is -0.465 e. The van der Waals surface area contributed by atoms with E-state index in [1.807, 2.05) is 24.3 Å². The van der Waals surface area contributed by atoms with Crippen LogP contribution in [0.15, 0.2) is 60.7 Å². The molecule has 3 nitrogen and oxygen atoms in total. The molecular weight excluding hydrogens is 322 g/mol. The number of rotatable bonds is 8. The zero-order chi connectivity index (χ0) is 18.0. The average Bonchev–Trinajstić information content (AvgIpc) is 2.71. The van der Waals surface area contributed by atoms with Gasteiger partial charge in [0, 0.05) is 6.54 Å². The molecule has 2 aromatic rings. The van der Waals surface area contributed by atoms with Gasteiger partial charge in [0.25, 0.3) is 0 Å². The Morgan fingerprint density at radius 1 is 0.923 bits per heavy atom. The highest BCUT2D eigenvalue weighted by atomic mass is 16.5. The first-order valence-corrected chi connectivity index (χ1v) is 9.81. The van der Waals surface area contributed by atoms with Gasteiger partial charge in [0.15, 0.2) is 0 Å². The van der Waals surface area contributed by atoms with Crippen LogP contribution in [0.4, 0.5) is 0 Å². The monoisotopic (exact) mass is 351 g/mol. The van der Waals surface area contributed by atoms with Gasteiger partial charge in [-0.15, -0.1) is 0 Å². The number of hydrogen-bond acceptors (Lipinski definition) is 3. The van der Waals surface area contributed by atoms with Crippen LogP contribution in [0.1, 0.15) is 36.8 Å². The maximum absolute atomic E-state index is 12.6. The maximum Gasteiger partial charge on any atom is 0.323 e. The van der Waals surface area contributed by atoms with Crippen molar-refractivity contribution < 1.29 is 9.53 Å². The molecule has 0 unspecified atom stereocenters. The summed E-state index contributed by atoms with van der Waals surface area (Å²) in [6.07, 6.45) is 6.03. The predicted octanol–water partition coefficient (Wildman–Crippen LogP) is 4.26. The third kappa shape index (κ3) is 5.70. The highest BCUT2D eigenvalue weighted by molar-refractivity contribution is 5.75. The summed E-state index contributed by atoms with van der Waals surface area (Å²) in [5.41, 5.74) is 2.62. The zero-order valence-corrected chi connectivity index (χ0v) is 15.5. The number of hydrogen-bond donors (Lipinski definition) is 0. The quantitative estimate of drug-likeness (QED) is 0.526. The summed E-state index contributed by atoms with van der Waals surface area (Å²) in [7, 11) is 0. The summed E-state index contributed by atoms with van der Waals surface area (Å²) >= 11 is 0. The van der Waals surface area contributed by atoms with Crippen LogP contribution < -0.4 is 0 Å². The molecule has 2 aromatic carbocycles. The molecule has 0 N–H and O–H groups in total. The summed E-state index contributed by atoms with van der Waals surface area (Å²) in [5.74, 6) is -0.0363. The van der Waals surface area contributed by atoms with Crippen LogP contribution in [-0.2, 0) is 22.4 Å². The molecular formula is C23H29NO2. The molecule has 1 heterocycles. The number of carbonyl (C=O) groups excluding carboxylic acids is 1. The molecule has 3 heteroatoms. The van der Waals surface area contributed by atoms with E-state index in [1.54, 1.807) is 0 Å². The van der Waals surface area contributed by atoms with Crippen molar-refractivity contribution in [2.75, 3.05) is 19.7 Å². The first kappa shape index (κ1) is 18.7. The Kier molecular flexibility index (Phi) is 7.26. The van der Waals surface area contributed by atoms with Gasteiger partial charge in [0.1, 0.15) is 6.04 Å². The number of nitrogens with zero attached hydrogens (tertiary/aromatic N) is 1. The number of benzene rings is 2. The fourth-order valence-corrected chi connectivity index (χ4v) is 3.63. The molecule has 0 spiro atoms. The van der Waals surface area contributed by atoms with Crippen LogP contribution in [0.2, 0.25) is 0 Å². The lowest BCUT2D eigenvalue weighted by Gasteiger charge is -2.34. The topological polar surface area (TPSA) is 29.5 Å². The second-order valence-electron chi connectivity index (χ2n) is 7.04. The lowest BCUT2D eigenvalue weighted by Crippen LogP contribution is -2.46. The molecule has 1 aliphatic heterocycles. The predicted molar refractivity (Wildman–Crippen MR) is 105 cm³/mol. The van der Waals surface area contributed by atoms with Crippen molar-refractivity contribution in [2.45, 2.75) is 44.6 Å². The van der Waals surface area contributed by atoms with E-state index in [-0.39, 0.29) is 12.0 Å². The molecule has 3 rings (SSSR count). The summed E-state index contributed by atoms with van der Waals surface area (Å²) in [6, 6.07) is 20.8. The van der Waals surface area contributed by atoms with E-state index >= 15 is 0 Å². The molecule has 138 valence electrons. The molecule has 1 aliphatic rings. The second kappa shape index (κ2) is 10.1. The third-order valence-corrected chi connectivity index (χ3v) is 5.11. The molecule has 0 aromatic heterocycles. The normalized spacial score (nSPS) is 17.8. The van der Waals surface area contributed by atoms with Crippen molar-refractivity contribution in [2.24, 2.45) is 0 Å². The number of aryl methyl sites for hydroxylation is 1. The molecule has 0 aliphatic carbocycles. The zero-order valence-electron chi connectivity index (χ0n) is 15.5. The van der Waals surface area contributed by atoms with Crippen molar-refractivity contribution in [3.63, 3.8) is 0 Å². The molecule has 0 bridgehead atoms. The summed E-state index contributed by atoms with van der Waals surface area (Å²) in [6.45, 7) is 2.43. The number of carbonyl (C=O) groups is 1. The van der Waals surface area contributed by atoms with Gasteiger partial charge in [-0.3, -0.25) is 9.69 Å². The average molecular weight is 351 g/mol. The molecule has 26 heavy (non-hydrogen) atoms. The minimum atomic E-state index is -0.0656. The van der Waals surface area contributed by atoms with E-state index in [2.05, 4.69) is 41.3 Å². The van der Waals surface area contributed by atoms with Gasteiger partial charge in [-0.2, -0.15) is 0 Å². The lowest BCUT2D eigenvalue weighted by molar-refractivity contribution is -0.151. The smallest absolute Gasteiger partial charge is 0.323 e. The van der Waals surface area contributed by atoms with Gasteiger partial charge in [-0.25, -0.2) is 0 Å². The van der Waals surface area contributed by atoms with Gasteiger partial charge >= 0.3 is 5.97 Å². The third-order valence-electron chi connectivity index (χ3n) is 5.11. The van der Waals surface area contributed by atoms with Gasteiger partial charge in [-0.1, -0.05) is 67.1 Å². The highest BCUT2D eigenvalue weighted by Crippen LogP contribution is 2.19. The lowest BCUT2D eigenvalue weighted by atomic mass is 10.0. The SMILES string of the molecule is O=C(OCCCc1ccccc1)[C@@H]1CCCCN1CCc1ccccc1. The molecule has 0 amide bonds. The van der Waals surface area contributed by atoms with Crippen molar-refractivity contribution >= 4 is 5.97 Å². The first-order valence-electron chi connectivity index (χ1n) is 9.81. The second-order valence-corrected chi connectivity index (χ2v) is 7.04. The van der Waals surface area contributed by atoms with Gasteiger partial charge in [0.2, 0.25) is 0 Å². The fourth-order valence-electron chi connectivity index (χ4n) is 3.63. The summed E-state index contributed by atoms with van der Waals surface area (Å²) in [5, 5.41) is 0. The van der Waals surface area contributed by atoms with E-state index in [9.17, 15) is 4.79 Å². The van der Waals surface area contributed by atoms with Crippen LogP contribution in [0, 0.1) is 0 Å². The van der Waals surface area contributed by atoms with Crippen LogP contribution in [-0.4, -0.2) is 36.6 Å². The Bertz CT molecular complexity index is 656. The molecule has 1 fully saturated rings. The largest absolute Gasteiger partial charge is 0.465 e. The number of esters is 1. The van der Waals surface area contributed by atoms with Crippen LogP contribution in [0.3, 0.4) is 0 Å². The summed E-state index contributed by atoms with van der Waals surface area (Å²) in [4.78, 5) is 14.9. The Morgan fingerprint density at radius 3 is 2.27 bits per heavy atom. The molecule has 0 radical (unpaired) electrons. The molecule has 0 saturated carbocycles. The van der Waals surface area contributed by atoms with Gasteiger partial charge < -0.3 is 4.74 Å². The fraction of sp³-hybridized carbons (Fsp3) is 0.435. The number of likely N-dealkylation sites (tertiary alicyclic amines) is 1. The number of piperidine rings is 1. The standard InChI is InChI=1S/C23H29NO2/c25-23(26-19-9-14-20-10-3-1-4-11-20)22-15-7-8-17-24(22)18-16-21-12-5-2-6-13-21/h1-6,10-13,22H,7-9,14-19H2/t22-/m0/s1. The summed E-state index contributed by atoms with van der Waals surface area (Å²) < 4.78 is 5.60. The Morgan fingerprint density at radius 2 is 1.58 bits per heavy atom. The Labute approximate surface area is 157 Å². The van der Waals surface area contributed by atoms with E-state index in [0.717, 1.165) is 45.2 Å². The van der Waals surface area contributed by atoms with Crippen molar-refractivity contribution in [3.05, 3.63) is 71.8 Å². The Balaban J connectivity index is 1.43. The van der Waals surface area contributed by atoms with E-state index in [4.69, 9.17) is 4.74 Å². The highest BCUT2D eigenvalue weighted by Gasteiger charge is 2.29. The molecule has 1 atom stereocenters. The number of ether oxygens (including phenoxy) is 1. The minimum absolute atomic E-state index is 0.0363. The van der Waals surface area contributed by atoms with Crippen LogP contribution >= 0.6 is 0 Å². The van der Waals surface area contributed by atoms with Gasteiger partial charge in [0.05, 0.1) is 6.61 Å². The van der Waals surface area contributed by atoms with Crippen LogP contribution in [0.5, 0.6) is 0 Å². The Hall–Kier alpha value is -2.13. The van der Waals surface area contributed by atoms with E-state index in [1.165, 1.54) is 17.5 Å². The van der Waals surface area contributed by atoms with E-state index in [0.29, 0.717) is 6.61 Å². The van der Waals surface area contributed by atoms with Crippen molar-refractivity contribution in [1.29, 1.82) is 0 Å². The van der Waals surface area contributed by atoms with Crippen molar-refractivity contribution in [3.8, 4) is 0 Å². The van der Waals surface area contributed by atoms with Gasteiger partial charge in [-0.05, 0) is 49.8 Å². The first-order chi connectivity index (χ1) is 12.8. The van der Waals surface area contributed by atoms with Crippen molar-refractivity contribution in [1.82, 2.24) is 4.90 Å². The van der Waals surface area contributed by atoms with E-state index < -0.39 is 0 Å².